The molecule has 0 spiro atoms. The number of halogens is 4. The predicted octanol–water partition coefficient (Wildman–Crippen LogP) is 5.95. The second-order valence-electron chi connectivity index (χ2n) is 10.2. The summed E-state index contributed by atoms with van der Waals surface area (Å²) in [6.07, 6.45) is -2.41. The number of nitrogens with one attached hydrogen (secondary N) is 2. The lowest BCUT2D eigenvalue weighted by atomic mass is 9.99. The number of rotatable bonds is 9. The number of allylic oxidation sites excluding steroid dienone is 1. The summed E-state index contributed by atoms with van der Waals surface area (Å²) < 4.78 is 44.6. The molecule has 1 aliphatic heterocycles. The Bertz CT molecular complexity index is 1680. The van der Waals surface area contributed by atoms with E-state index in [4.69, 9.17) is 16.0 Å². The number of nitro groups is 1. The maximum absolute atomic E-state index is 13.7. The Morgan fingerprint density at radius 1 is 1.15 bits per heavy atom. The van der Waals surface area contributed by atoms with Crippen molar-refractivity contribution >= 4 is 59.1 Å². The van der Waals surface area contributed by atoms with Crippen molar-refractivity contribution in [2.75, 3.05) is 16.8 Å². The molecule has 0 saturated carbocycles. The highest BCUT2D eigenvalue weighted by Crippen LogP contribution is 2.39. The molecular weight excluding hydrogens is 639 g/mol. The van der Waals surface area contributed by atoms with E-state index in [9.17, 15) is 42.9 Å². The zero-order valence-electron chi connectivity index (χ0n) is 23.9. The van der Waals surface area contributed by atoms with Gasteiger partial charge in [-0.1, -0.05) is 11.6 Å². The summed E-state index contributed by atoms with van der Waals surface area (Å²) in [4.78, 5) is 51.5. The molecule has 3 N–H and O–H groups in total. The van der Waals surface area contributed by atoms with Gasteiger partial charge in [-0.15, -0.1) is 0 Å². The highest BCUT2D eigenvalue weighted by molar-refractivity contribution is 6.30. The molecule has 5 amide bonds. The van der Waals surface area contributed by atoms with Gasteiger partial charge in [-0.2, -0.15) is 23.3 Å². The van der Waals surface area contributed by atoms with Crippen LogP contribution in [0.2, 0.25) is 5.02 Å². The molecule has 1 saturated heterocycles. The average Bonchev–Trinajstić information content (AvgIpc) is 3.54. The number of urea groups is 2. The summed E-state index contributed by atoms with van der Waals surface area (Å²) >= 11 is 5.87. The van der Waals surface area contributed by atoms with Gasteiger partial charge in [-0.3, -0.25) is 25.0 Å². The average molecular weight is 664 g/mol. The molecule has 3 aromatic rings. The third kappa shape index (κ3) is 7.44. The van der Waals surface area contributed by atoms with E-state index in [1.165, 1.54) is 56.3 Å². The lowest BCUT2D eigenvalue weighted by Gasteiger charge is -2.38. The van der Waals surface area contributed by atoms with E-state index in [1.54, 1.807) is 0 Å². The number of hydrogen-bond donors (Lipinski definition) is 3. The molecule has 1 fully saturated rings. The SMILES string of the molecule is CC1(C)C(N(O)C(=O)Nc2ccc(Cl)cc2)N(c2ccc(C(F)(F)F)cc2)C(=O)N1CC(=O)N/N=C/C=C/c1ccc([N+](=O)[O-])o1. The van der Waals surface area contributed by atoms with Crippen molar-refractivity contribution in [3.8, 4) is 0 Å². The fraction of sp³-hybridized carbons (Fsp3) is 0.214. The van der Waals surface area contributed by atoms with Crippen molar-refractivity contribution < 1.29 is 42.1 Å². The van der Waals surface area contributed by atoms with Crippen LogP contribution in [0.5, 0.6) is 0 Å². The van der Waals surface area contributed by atoms with E-state index in [-0.39, 0.29) is 22.2 Å². The summed E-state index contributed by atoms with van der Waals surface area (Å²) in [6.45, 7) is 2.25. The molecule has 18 heteroatoms. The number of hydrogen-bond acceptors (Lipinski definition) is 8. The van der Waals surface area contributed by atoms with E-state index in [0.717, 1.165) is 46.3 Å². The van der Waals surface area contributed by atoms with Crippen LogP contribution in [0.15, 0.2) is 76.3 Å². The number of anilines is 2. The largest absolute Gasteiger partial charge is 0.433 e. The molecule has 46 heavy (non-hydrogen) atoms. The smallest absolute Gasteiger partial charge is 0.401 e. The summed E-state index contributed by atoms with van der Waals surface area (Å²) in [5.41, 5.74) is -0.166. The van der Waals surface area contributed by atoms with Crippen molar-refractivity contribution in [2.24, 2.45) is 5.10 Å². The van der Waals surface area contributed by atoms with Crippen LogP contribution >= 0.6 is 11.6 Å². The molecule has 14 nitrogen and oxygen atoms in total. The molecule has 0 radical (unpaired) electrons. The van der Waals surface area contributed by atoms with Crippen molar-refractivity contribution in [3.63, 3.8) is 0 Å². The van der Waals surface area contributed by atoms with Gasteiger partial charge >= 0.3 is 24.1 Å². The molecule has 0 aliphatic carbocycles. The summed E-state index contributed by atoms with van der Waals surface area (Å²) in [6, 6.07) is 9.86. The highest BCUT2D eigenvalue weighted by atomic mass is 35.5. The van der Waals surface area contributed by atoms with Gasteiger partial charge in [0.15, 0.2) is 6.17 Å². The molecule has 1 aliphatic rings. The van der Waals surface area contributed by atoms with E-state index in [0.29, 0.717) is 5.02 Å². The van der Waals surface area contributed by atoms with Gasteiger partial charge in [0.05, 0.1) is 17.2 Å². The molecule has 0 bridgehead atoms. The zero-order valence-corrected chi connectivity index (χ0v) is 24.7. The molecule has 1 aromatic heterocycles. The lowest BCUT2D eigenvalue weighted by molar-refractivity contribution is -0.402. The fourth-order valence-corrected chi connectivity index (χ4v) is 4.63. The van der Waals surface area contributed by atoms with Crippen molar-refractivity contribution in [3.05, 3.63) is 93.2 Å². The van der Waals surface area contributed by atoms with Crippen LogP contribution in [-0.4, -0.2) is 62.5 Å². The molecule has 2 aromatic carbocycles. The Balaban J connectivity index is 1.55. The van der Waals surface area contributed by atoms with Crippen LogP contribution in [0, 0.1) is 10.1 Å². The minimum Gasteiger partial charge on any atom is -0.401 e. The van der Waals surface area contributed by atoms with Crippen LogP contribution in [0.1, 0.15) is 25.2 Å². The second kappa shape index (κ2) is 13.3. The van der Waals surface area contributed by atoms with Crippen molar-refractivity contribution in [2.45, 2.75) is 31.7 Å². The van der Waals surface area contributed by atoms with Gasteiger partial charge < -0.3 is 14.6 Å². The number of furan rings is 1. The Morgan fingerprint density at radius 3 is 2.39 bits per heavy atom. The number of hydroxylamine groups is 2. The number of nitrogens with zero attached hydrogens (tertiary/aromatic N) is 5. The minimum absolute atomic E-state index is 0.0985. The van der Waals surface area contributed by atoms with Crippen LogP contribution in [-0.2, 0) is 11.0 Å². The topological polar surface area (TPSA) is 174 Å². The van der Waals surface area contributed by atoms with Gasteiger partial charge in [0, 0.05) is 22.6 Å². The van der Waals surface area contributed by atoms with E-state index in [1.807, 2.05) is 0 Å². The molecule has 242 valence electrons. The number of hydrazone groups is 1. The molecule has 2 heterocycles. The second-order valence-corrected chi connectivity index (χ2v) is 10.6. The lowest BCUT2D eigenvalue weighted by Crippen LogP contribution is -2.58. The molecule has 1 unspecified atom stereocenters. The highest BCUT2D eigenvalue weighted by Gasteiger charge is 2.56. The van der Waals surface area contributed by atoms with E-state index < -0.39 is 58.8 Å². The number of alkyl halides is 3. The third-order valence-corrected chi connectivity index (χ3v) is 6.97. The van der Waals surface area contributed by atoms with Gasteiger partial charge in [0.1, 0.15) is 17.2 Å². The summed E-state index contributed by atoms with van der Waals surface area (Å²) in [7, 11) is 0. The third-order valence-electron chi connectivity index (χ3n) is 6.72. The van der Waals surface area contributed by atoms with Crippen molar-refractivity contribution in [1.29, 1.82) is 0 Å². The number of carbonyl (C=O) groups excluding carboxylic acids is 3. The zero-order chi connectivity index (χ0) is 33.8. The van der Waals surface area contributed by atoms with Gasteiger partial charge in [0.25, 0.3) is 5.91 Å². The monoisotopic (exact) mass is 663 g/mol. The van der Waals surface area contributed by atoms with E-state index in [2.05, 4.69) is 15.8 Å². The first kappa shape index (κ1) is 33.5. The fourth-order valence-electron chi connectivity index (χ4n) is 4.50. The first-order valence-corrected chi connectivity index (χ1v) is 13.5. The Kier molecular flexibility index (Phi) is 9.67. The molecule has 1 atom stereocenters. The normalized spacial score (nSPS) is 16.3. The Labute approximate surface area is 263 Å². The first-order valence-electron chi connectivity index (χ1n) is 13.1. The maximum Gasteiger partial charge on any atom is 0.433 e. The van der Waals surface area contributed by atoms with Crippen LogP contribution in [0.25, 0.3) is 6.08 Å². The van der Waals surface area contributed by atoms with Crippen LogP contribution < -0.4 is 15.6 Å². The number of amides is 5. The van der Waals surface area contributed by atoms with Crippen LogP contribution in [0.3, 0.4) is 0 Å². The minimum atomic E-state index is -4.66. The van der Waals surface area contributed by atoms with Gasteiger partial charge in [0.2, 0.25) is 0 Å². The molecule has 4 rings (SSSR count). The summed E-state index contributed by atoms with van der Waals surface area (Å²) in [5.74, 6) is -1.12. The van der Waals surface area contributed by atoms with Gasteiger partial charge in [-0.25, -0.2) is 15.0 Å². The van der Waals surface area contributed by atoms with Gasteiger partial charge in [-0.05, 0) is 80.6 Å². The van der Waals surface area contributed by atoms with E-state index >= 15 is 0 Å². The summed E-state index contributed by atoms with van der Waals surface area (Å²) in [5, 5.41) is 28.5. The molecular formula is C28H25ClF3N7O7. The first-order chi connectivity index (χ1) is 21.6. The maximum atomic E-state index is 13.7. The Morgan fingerprint density at radius 2 is 1.80 bits per heavy atom. The number of carbonyl (C=O) groups is 3. The Hall–Kier alpha value is -5.42. The standard InChI is InChI=1S/C28H25ClF3N7O7/c1-27(2)24(38(43)25(41)34-19-9-7-18(29)8-10-19)37(20-11-5-17(6-12-20)28(30,31)32)26(42)36(27)16-22(40)35-33-15-3-4-21-13-14-23(46-21)39(44)45/h3-15,24,43H,16H2,1-2H3,(H,34,41)(H,35,40)/b4-3+,33-15+. The van der Waals surface area contributed by atoms with Crippen molar-refractivity contribution in [1.82, 2.24) is 15.4 Å². The van der Waals surface area contributed by atoms with Crippen LogP contribution in [0.4, 0.5) is 40.0 Å². The number of benzene rings is 2. The predicted molar refractivity (Wildman–Crippen MR) is 159 cm³/mol. The quantitative estimate of drug-likeness (QED) is 0.110.